The van der Waals surface area contributed by atoms with E-state index < -0.39 is 5.97 Å². The molecule has 5 rings (SSSR count). The third-order valence-electron chi connectivity index (χ3n) is 7.36. The normalized spacial score (nSPS) is 11.5. The van der Waals surface area contributed by atoms with Crippen LogP contribution in [0.5, 0.6) is 5.75 Å². The number of methoxy groups -OCH3 is 1. The number of ether oxygens (including phenoxy) is 2. The lowest BCUT2D eigenvalue weighted by Gasteiger charge is -2.13. The van der Waals surface area contributed by atoms with Gasteiger partial charge in [0.1, 0.15) is 11.4 Å². The Morgan fingerprint density at radius 1 is 1.08 bits per heavy atom. The smallest absolute Gasteiger partial charge is 0.354 e. The van der Waals surface area contributed by atoms with Gasteiger partial charge in [-0.2, -0.15) is 5.10 Å². The topological polar surface area (TPSA) is 78.5 Å². The number of hydrogen-bond acceptors (Lipinski definition) is 5. The largest absolute Gasteiger partial charge is 0.493 e. The number of aliphatic hydroxyl groups is 1. The Labute approximate surface area is 232 Å². The Morgan fingerprint density at radius 2 is 1.85 bits per heavy atom. The molecule has 0 spiro atoms. The molecule has 39 heavy (non-hydrogen) atoms. The number of carbonyl (C=O) groups excluding carboxylic acids is 1. The molecule has 0 aliphatic heterocycles. The molecule has 2 aromatic heterocycles. The zero-order valence-electron chi connectivity index (χ0n) is 22.8. The van der Waals surface area contributed by atoms with Crippen LogP contribution in [0.4, 0.5) is 0 Å². The van der Waals surface area contributed by atoms with Crippen molar-refractivity contribution in [2.24, 2.45) is 7.05 Å². The van der Waals surface area contributed by atoms with Crippen LogP contribution >= 0.6 is 11.6 Å². The van der Waals surface area contributed by atoms with E-state index in [1.165, 1.54) is 7.11 Å². The van der Waals surface area contributed by atoms with Crippen molar-refractivity contribution in [2.75, 3.05) is 13.7 Å². The van der Waals surface area contributed by atoms with Crippen LogP contribution in [0.1, 0.15) is 39.4 Å². The van der Waals surface area contributed by atoms with Crippen LogP contribution in [0.2, 0.25) is 5.02 Å². The quantitative estimate of drug-likeness (QED) is 0.177. The molecule has 7 nitrogen and oxygen atoms in total. The highest BCUT2D eigenvalue weighted by Crippen LogP contribution is 2.42. The third kappa shape index (κ3) is 4.66. The molecular weight excluding hydrogens is 514 g/mol. The summed E-state index contributed by atoms with van der Waals surface area (Å²) in [4.78, 5) is 13.0. The Balaban J connectivity index is 1.54. The number of halogens is 1. The summed E-state index contributed by atoms with van der Waals surface area (Å²) >= 11 is 6.79. The maximum Gasteiger partial charge on any atom is 0.354 e. The van der Waals surface area contributed by atoms with Gasteiger partial charge >= 0.3 is 5.97 Å². The van der Waals surface area contributed by atoms with Gasteiger partial charge in [0, 0.05) is 51.7 Å². The monoisotopic (exact) mass is 545 g/mol. The van der Waals surface area contributed by atoms with Gasteiger partial charge < -0.3 is 19.1 Å². The Morgan fingerprint density at radius 3 is 2.59 bits per heavy atom. The van der Waals surface area contributed by atoms with Crippen molar-refractivity contribution < 1.29 is 19.4 Å². The van der Waals surface area contributed by atoms with E-state index in [4.69, 9.17) is 21.1 Å². The standard InChI is InChI=1S/C31H32ClN3O4/c1-18-15-21-9-6-7-10-22(21)26(16-18)39-14-8-13-35-25-12-11-23(32)29(27(25)19(2)30(35)31(37)38-5)28-20(3)34(4)33-24(28)17-36/h6-7,9-12,15-16,36H,8,13-14,17H2,1-5H3. The van der Waals surface area contributed by atoms with Crippen molar-refractivity contribution in [1.82, 2.24) is 14.3 Å². The fourth-order valence-electron chi connectivity index (χ4n) is 5.50. The van der Waals surface area contributed by atoms with Crippen molar-refractivity contribution >= 4 is 39.2 Å². The summed E-state index contributed by atoms with van der Waals surface area (Å²) in [5.74, 6) is 0.437. The molecule has 2 heterocycles. The second-order valence-corrected chi connectivity index (χ2v) is 10.2. The molecule has 0 unspecified atom stereocenters. The zero-order valence-corrected chi connectivity index (χ0v) is 23.6. The average Bonchev–Trinajstić information content (AvgIpc) is 3.37. The van der Waals surface area contributed by atoms with Crippen LogP contribution in [0.25, 0.3) is 32.8 Å². The summed E-state index contributed by atoms with van der Waals surface area (Å²) in [7, 11) is 3.22. The van der Waals surface area contributed by atoms with Gasteiger partial charge in [0.05, 0.1) is 26.0 Å². The number of nitrogens with zero attached hydrogens (tertiary/aromatic N) is 3. The summed E-state index contributed by atoms with van der Waals surface area (Å²) in [5, 5.41) is 18.1. The van der Waals surface area contributed by atoms with Crippen molar-refractivity contribution in [2.45, 2.75) is 40.3 Å². The Bertz CT molecular complexity index is 1720. The molecule has 0 atom stereocenters. The molecule has 1 N–H and O–H groups in total. The second kappa shape index (κ2) is 10.8. The van der Waals surface area contributed by atoms with Crippen LogP contribution < -0.4 is 4.74 Å². The van der Waals surface area contributed by atoms with Crippen molar-refractivity contribution in [1.29, 1.82) is 0 Å². The molecule has 0 bridgehead atoms. The maximum absolute atomic E-state index is 13.0. The molecule has 0 radical (unpaired) electrons. The van der Waals surface area contributed by atoms with Gasteiger partial charge in [0.15, 0.2) is 0 Å². The van der Waals surface area contributed by atoms with Crippen LogP contribution in [0.15, 0.2) is 48.5 Å². The predicted molar refractivity (Wildman–Crippen MR) is 155 cm³/mol. The minimum Gasteiger partial charge on any atom is -0.493 e. The molecule has 8 heteroatoms. The lowest BCUT2D eigenvalue weighted by molar-refractivity contribution is 0.0587. The van der Waals surface area contributed by atoms with Gasteiger partial charge in [-0.05, 0) is 61.9 Å². The number of carbonyl (C=O) groups is 1. The Kier molecular flexibility index (Phi) is 7.38. The van der Waals surface area contributed by atoms with Crippen molar-refractivity contribution in [3.63, 3.8) is 0 Å². The number of aryl methyl sites for hydroxylation is 4. The van der Waals surface area contributed by atoms with E-state index >= 15 is 0 Å². The summed E-state index contributed by atoms with van der Waals surface area (Å²) in [6, 6.07) is 16.2. The average molecular weight is 546 g/mol. The van der Waals surface area contributed by atoms with Crippen LogP contribution in [-0.4, -0.2) is 39.1 Å². The van der Waals surface area contributed by atoms with Crippen molar-refractivity contribution in [3.8, 4) is 16.9 Å². The van der Waals surface area contributed by atoms with E-state index in [2.05, 4.69) is 36.3 Å². The number of aromatic nitrogens is 3. The zero-order chi connectivity index (χ0) is 27.8. The summed E-state index contributed by atoms with van der Waals surface area (Å²) in [6.45, 7) is 6.70. The second-order valence-electron chi connectivity index (χ2n) is 9.81. The lowest BCUT2D eigenvalue weighted by Crippen LogP contribution is -2.13. The van der Waals surface area contributed by atoms with E-state index in [-0.39, 0.29) is 6.61 Å². The molecule has 0 amide bonds. The van der Waals surface area contributed by atoms with Gasteiger partial charge in [0.2, 0.25) is 0 Å². The SMILES string of the molecule is COC(=O)c1c(C)c2c(-c3c(CO)nn(C)c3C)c(Cl)ccc2n1CCCOc1cc(C)cc2ccccc12. The van der Waals surface area contributed by atoms with Gasteiger partial charge in [-0.25, -0.2) is 4.79 Å². The molecule has 0 aliphatic rings. The first-order valence-corrected chi connectivity index (χ1v) is 13.3. The van der Waals surface area contributed by atoms with E-state index in [1.807, 2.05) is 49.7 Å². The molecule has 0 fully saturated rings. The van der Waals surface area contributed by atoms with Crippen LogP contribution in [0.3, 0.4) is 0 Å². The highest BCUT2D eigenvalue weighted by atomic mass is 35.5. The maximum atomic E-state index is 13.0. The van der Waals surface area contributed by atoms with Crippen molar-refractivity contribution in [3.05, 3.63) is 81.8 Å². The summed E-state index contributed by atoms with van der Waals surface area (Å²) < 4.78 is 15.1. The molecule has 0 saturated heterocycles. The van der Waals surface area contributed by atoms with E-state index in [1.54, 1.807) is 4.68 Å². The number of aliphatic hydroxyl groups excluding tert-OH is 1. The van der Waals surface area contributed by atoms with Crippen LogP contribution in [-0.2, 0) is 24.9 Å². The van der Waals surface area contributed by atoms with Gasteiger partial charge in [-0.3, -0.25) is 4.68 Å². The summed E-state index contributed by atoms with van der Waals surface area (Å²) in [6.07, 6.45) is 0.668. The molecule has 0 aliphatic carbocycles. The Hall–Kier alpha value is -3.81. The van der Waals surface area contributed by atoms with E-state index in [9.17, 15) is 9.90 Å². The molecule has 202 valence electrons. The summed E-state index contributed by atoms with van der Waals surface area (Å²) in [5.41, 5.74) is 6.20. The number of rotatable bonds is 8. The molecule has 3 aromatic carbocycles. The van der Waals surface area contributed by atoms with E-state index in [0.717, 1.165) is 55.4 Å². The first-order valence-electron chi connectivity index (χ1n) is 12.9. The van der Waals surface area contributed by atoms with Gasteiger partial charge in [0.25, 0.3) is 0 Å². The predicted octanol–water partition coefficient (Wildman–Crippen LogP) is 6.52. The van der Waals surface area contributed by atoms with E-state index in [0.29, 0.717) is 36.0 Å². The lowest BCUT2D eigenvalue weighted by atomic mass is 9.97. The molecule has 0 saturated carbocycles. The minimum atomic E-state index is -0.415. The number of esters is 1. The minimum absolute atomic E-state index is 0.224. The highest BCUT2D eigenvalue weighted by Gasteiger charge is 2.27. The van der Waals surface area contributed by atoms with Gasteiger partial charge in [-0.15, -0.1) is 0 Å². The fraction of sp³-hybridized carbons (Fsp3) is 0.290. The van der Waals surface area contributed by atoms with Gasteiger partial charge in [-0.1, -0.05) is 41.9 Å². The number of benzene rings is 3. The first kappa shape index (κ1) is 26.8. The first-order chi connectivity index (χ1) is 18.8. The van der Waals surface area contributed by atoms with Crippen LogP contribution in [0, 0.1) is 20.8 Å². The third-order valence-corrected chi connectivity index (χ3v) is 7.68. The highest BCUT2D eigenvalue weighted by molar-refractivity contribution is 6.35. The number of hydrogen-bond donors (Lipinski definition) is 1. The fourth-order valence-corrected chi connectivity index (χ4v) is 5.76. The number of fused-ring (bicyclic) bond motifs is 2. The molecular formula is C31H32ClN3O4. The molecule has 5 aromatic rings.